The zero-order valence-electron chi connectivity index (χ0n) is 12.1. The second kappa shape index (κ2) is 7.51. The summed E-state index contributed by atoms with van der Waals surface area (Å²) < 4.78 is 13.2. The first-order valence-corrected chi connectivity index (χ1v) is 7.03. The van der Waals surface area contributed by atoms with Gasteiger partial charge in [0.05, 0.1) is 22.1 Å². The maximum atomic E-state index is 13.2. The molecule has 24 heavy (non-hydrogen) atoms. The Bertz CT molecular complexity index is 813. The van der Waals surface area contributed by atoms with Gasteiger partial charge in [0.2, 0.25) is 11.7 Å². The van der Waals surface area contributed by atoms with Crippen molar-refractivity contribution in [1.82, 2.24) is 5.32 Å². The van der Waals surface area contributed by atoms with Crippen molar-refractivity contribution in [3.05, 3.63) is 69.0 Å². The second-order valence-electron chi connectivity index (χ2n) is 4.63. The smallest absolute Gasteiger partial charge is 0.306 e. The fourth-order valence-electron chi connectivity index (χ4n) is 1.84. The van der Waals surface area contributed by atoms with Crippen molar-refractivity contribution in [1.29, 1.82) is 0 Å². The summed E-state index contributed by atoms with van der Waals surface area (Å²) in [5.74, 6) is -2.18. The second-order valence-corrected chi connectivity index (χ2v) is 5.04. The number of halogens is 2. The van der Waals surface area contributed by atoms with E-state index in [0.29, 0.717) is 0 Å². The zero-order valence-corrected chi connectivity index (χ0v) is 12.8. The largest absolute Gasteiger partial charge is 0.343 e. The monoisotopic (exact) mass is 351 g/mol. The third-order valence-corrected chi connectivity index (χ3v) is 3.28. The van der Waals surface area contributed by atoms with Crippen LogP contribution in [0.25, 0.3) is 0 Å². The summed E-state index contributed by atoms with van der Waals surface area (Å²) in [4.78, 5) is 33.4. The molecule has 0 fully saturated rings. The molecule has 0 bridgehead atoms. The number of anilines is 1. The third-order valence-electron chi connectivity index (χ3n) is 2.95. The van der Waals surface area contributed by atoms with Gasteiger partial charge < -0.3 is 10.6 Å². The number of rotatable bonds is 5. The minimum atomic E-state index is -1.01. The third kappa shape index (κ3) is 4.26. The molecular weight excluding hydrogens is 341 g/mol. The molecule has 9 heteroatoms. The number of hydrogen-bond acceptors (Lipinski definition) is 4. The minimum Gasteiger partial charge on any atom is -0.343 e. The molecular formula is C15H11ClFN3O4. The Balaban J connectivity index is 1.97. The molecule has 2 rings (SSSR count). The molecule has 0 saturated carbocycles. The first-order valence-electron chi connectivity index (χ1n) is 6.65. The Labute approximate surface area is 140 Å². The van der Waals surface area contributed by atoms with Gasteiger partial charge in [-0.15, -0.1) is 0 Å². The van der Waals surface area contributed by atoms with E-state index >= 15 is 0 Å². The van der Waals surface area contributed by atoms with E-state index in [9.17, 15) is 24.1 Å². The zero-order chi connectivity index (χ0) is 17.7. The van der Waals surface area contributed by atoms with Crippen molar-refractivity contribution < 1.29 is 18.9 Å². The summed E-state index contributed by atoms with van der Waals surface area (Å²) in [5.41, 5.74) is -0.502. The molecule has 2 N–H and O–H groups in total. The molecule has 0 unspecified atom stereocenters. The fraction of sp³-hybridized carbons (Fsp3) is 0.0667. The molecule has 0 aliphatic rings. The first-order chi connectivity index (χ1) is 11.4. The van der Waals surface area contributed by atoms with Crippen LogP contribution in [0.4, 0.5) is 15.8 Å². The maximum Gasteiger partial charge on any atom is 0.306 e. The summed E-state index contributed by atoms with van der Waals surface area (Å²) in [7, 11) is 0. The molecule has 0 aliphatic heterocycles. The van der Waals surface area contributed by atoms with Gasteiger partial charge in [-0.3, -0.25) is 19.7 Å². The molecule has 0 heterocycles. The molecule has 7 nitrogen and oxygen atoms in total. The predicted molar refractivity (Wildman–Crippen MR) is 85.5 cm³/mol. The predicted octanol–water partition coefficient (Wildman–Crippen LogP) is 2.76. The summed E-state index contributed by atoms with van der Waals surface area (Å²) in [6.07, 6.45) is 0. The number of carbonyl (C=O) groups excluding carboxylic acids is 2. The van der Waals surface area contributed by atoms with Gasteiger partial charge in [-0.2, -0.15) is 4.39 Å². The van der Waals surface area contributed by atoms with Crippen molar-refractivity contribution in [3.8, 4) is 0 Å². The first kappa shape index (κ1) is 17.4. The number of benzene rings is 2. The van der Waals surface area contributed by atoms with Gasteiger partial charge in [0.1, 0.15) is 0 Å². The molecule has 0 radical (unpaired) electrons. The van der Waals surface area contributed by atoms with Crippen molar-refractivity contribution in [2.24, 2.45) is 0 Å². The Morgan fingerprint density at radius 1 is 1.21 bits per heavy atom. The van der Waals surface area contributed by atoms with Gasteiger partial charge in [-0.05, 0) is 24.3 Å². The van der Waals surface area contributed by atoms with Crippen LogP contribution in [0.5, 0.6) is 0 Å². The highest BCUT2D eigenvalue weighted by atomic mass is 35.5. The van der Waals surface area contributed by atoms with Crippen LogP contribution in [0, 0.1) is 15.9 Å². The van der Waals surface area contributed by atoms with Crippen LogP contribution in [0.3, 0.4) is 0 Å². The standard InChI is InChI=1S/C15H11ClFN3O4/c16-11-4-2-1-3-10(11)15(22)18-8-14(21)19-9-5-6-12(17)13(7-9)20(23)24/h1-7H,8H2,(H,18,22)(H,19,21). The van der Waals surface area contributed by atoms with Crippen molar-refractivity contribution in [2.75, 3.05) is 11.9 Å². The lowest BCUT2D eigenvalue weighted by molar-refractivity contribution is -0.387. The molecule has 124 valence electrons. The Morgan fingerprint density at radius 2 is 1.92 bits per heavy atom. The number of nitrogens with zero attached hydrogens (tertiary/aromatic N) is 1. The Kier molecular flexibility index (Phi) is 5.43. The SMILES string of the molecule is O=C(CNC(=O)c1ccccc1Cl)Nc1ccc(F)c([N+](=O)[O-])c1. The van der Waals surface area contributed by atoms with Gasteiger partial charge in [-0.1, -0.05) is 23.7 Å². The van der Waals surface area contributed by atoms with Crippen molar-refractivity contribution in [3.63, 3.8) is 0 Å². The van der Waals surface area contributed by atoms with E-state index in [0.717, 1.165) is 12.1 Å². The lowest BCUT2D eigenvalue weighted by atomic mass is 10.2. The van der Waals surface area contributed by atoms with Crippen LogP contribution in [-0.2, 0) is 4.79 Å². The Hall–Kier alpha value is -3.00. The van der Waals surface area contributed by atoms with Crippen molar-refractivity contribution >= 4 is 34.8 Å². The molecule has 0 atom stereocenters. The summed E-state index contributed by atoms with van der Waals surface area (Å²) >= 11 is 5.87. The number of carbonyl (C=O) groups is 2. The van der Waals surface area contributed by atoms with E-state index in [2.05, 4.69) is 10.6 Å². The van der Waals surface area contributed by atoms with Crippen molar-refractivity contribution in [2.45, 2.75) is 0 Å². The lowest BCUT2D eigenvalue weighted by Gasteiger charge is -2.08. The topological polar surface area (TPSA) is 101 Å². The number of amides is 2. The highest BCUT2D eigenvalue weighted by Gasteiger charge is 2.16. The summed E-state index contributed by atoms with van der Waals surface area (Å²) in [6.45, 7) is -0.380. The van der Waals surface area contributed by atoms with Crippen LogP contribution in [0.2, 0.25) is 5.02 Å². The van der Waals surface area contributed by atoms with Gasteiger partial charge in [0.15, 0.2) is 0 Å². The van der Waals surface area contributed by atoms with Gasteiger partial charge >= 0.3 is 5.69 Å². The molecule has 0 aliphatic carbocycles. The van der Waals surface area contributed by atoms with E-state index in [-0.39, 0.29) is 22.8 Å². The maximum absolute atomic E-state index is 13.2. The number of nitro groups is 1. The highest BCUT2D eigenvalue weighted by Crippen LogP contribution is 2.21. The normalized spacial score (nSPS) is 10.1. The lowest BCUT2D eigenvalue weighted by Crippen LogP contribution is -2.33. The summed E-state index contributed by atoms with van der Waals surface area (Å²) in [6, 6.07) is 9.26. The molecule has 2 aromatic rings. The quantitative estimate of drug-likeness (QED) is 0.638. The fourth-order valence-corrected chi connectivity index (χ4v) is 2.06. The number of nitro benzene ring substituents is 1. The molecule has 2 amide bonds. The molecule has 0 spiro atoms. The van der Waals surface area contributed by atoms with Gasteiger partial charge in [0.25, 0.3) is 5.91 Å². The van der Waals surface area contributed by atoms with E-state index in [1.165, 1.54) is 18.2 Å². The van der Waals surface area contributed by atoms with E-state index < -0.39 is 28.2 Å². The van der Waals surface area contributed by atoms with Gasteiger partial charge in [0, 0.05) is 11.8 Å². The minimum absolute atomic E-state index is 0.0418. The molecule has 2 aromatic carbocycles. The molecule has 0 aromatic heterocycles. The van der Waals surface area contributed by atoms with E-state index in [1.807, 2.05) is 0 Å². The van der Waals surface area contributed by atoms with E-state index in [1.54, 1.807) is 12.1 Å². The number of nitrogens with one attached hydrogen (secondary N) is 2. The van der Waals surface area contributed by atoms with Crippen LogP contribution < -0.4 is 10.6 Å². The highest BCUT2D eigenvalue weighted by molar-refractivity contribution is 6.33. The number of hydrogen-bond donors (Lipinski definition) is 2. The Morgan fingerprint density at radius 3 is 2.58 bits per heavy atom. The average Bonchev–Trinajstić information content (AvgIpc) is 2.54. The van der Waals surface area contributed by atoms with E-state index in [4.69, 9.17) is 11.6 Å². The van der Waals surface area contributed by atoms with Crippen LogP contribution >= 0.6 is 11.6 Å². The van der Waals surface area contributed by atoms with Crippen LogP contribution in [0.1, 0.15) is 10.4 Å². The van der Waals surface area contributed by atoms with Crippen LogP contribution in [-0.4, -0.2) is 23.3 Å². The van der Waals surface area contributed by atoms with Crippen LogP contribution in [0.15, 0.2) is 42.5 Å². The average molecular weight is 352 g/mol. The van der Waals surface area contributed by atoms with Gasteiger partial charge in [-0.25, -0.2) is 0 Å². The molecule has 0 saturated heterocycles. The summed E-state index contributed by atoms with van der Waals surface area (Å²) in [5, 5.41) is 15.6.